The van der Waals surface area contributed by atoms with Crippen LogP contribution in [0.4, 0.5) is 5.69 Å². The average Bonchev–Trinajstić information content (AvgIpc) is 2.52. The Morgan fingerprint density at radius 3 is 2.86 bits per heavy atom. The molecule has 0 aliphatic carbocycles. The molecule has 2 aromatic rings. The molecule has 3 nitrogen and oxygen atoms in total. The quantitative estimate of drug-likeness (QED) is 0.819. The van der Waals surface area contributed by atoms with Crippen molar-refractivity contribution in [3.63, 3.8) is 0 Å². The molecule has 0 spiro atoms. The van der Waals surface area contributed by atoms with Crippen LogP contribution in [0.25, 0.3) is 12.2 Å². The van der Waals surface area contributed by atoms with E-state index >= 15 is 0 Å². The van der Waals surface area contributed by atoms with Crippen molar-refractivity contribution >= 4 is 35.2 Å². The Bertz CT molecular complexity index is 608. The Morgan fingerprint density at radius 1 is 1.19 bits per heavy atom. The van der Waals surface area contributed by atoms with Gasteiger partial charge in [0.25, 0.3) is 0 Å². The van der Waals surface area contributed by atoms with E-state index in [4.69, 9.17) is 12.2 Å². The summed E-state index contributed by atoms with van der Waals surface area (Å²) >= 11 is 5.24. The molecule has 0 aliphatic heterocycles. The number of hydrogen-bond donors (Lipinski definition) is 2. The van der Waals surface area contributed by atoms with Gasteiger partial charge >= 0.3 is 0 Å². The molecular formula is C17H19N3S. The van der Waals surface area contributed by atoms with Crippen LogP contribution >= 0.6 is 12.2 Å². The molecule has 2 rings (SSSR count). The van der Waals surface area contributed by atoms with E-state index in [-0.39, 0.29) is 0 Å². The van der Waals surface area contributed by atoms with Gasteiger partial charge in [0.15, 0.2) is 5.11 Å². The standard InChI is InChI=1S/C17H19N3S/c1-2-11-19-17(21)20-16-8-5-6-14(13-16)9-10-15-7-3-4-12-18-15/h3-10,12-13H,2,11H2,1H3,(H2,19,20,21)/b10-9+. The molecule has 0 radical (unpaired) electrons. The number of pyridine rings is 1. The summed E-state index contributed by atoms with van der Waals surface area (Å²) in [6.45, 7) is 2.99. The molecule has 0 amide bonds. The van der Waals surface area contributed by atoms with E-state index in [2.05, 4.69) is 28.6 Å². The topological polar surface area (TPSA) is 37.0 Å². The van der Waals surface area contributed by atoms with Gasteiger partial charge in [0.05, 0.1) is 5.69 Å². The fraction of sp³-hybridized carbons (Fsp3) is 0.176. The highest BCUT2D eigenvalue weighted by Gasteiger charge is 1.97. The van der Waals surface area contributed by atoms with Gasteiger partial charge in [-0.25, -0.2) is 0 Å². The minimum Gasteiger partial charge on any atom is -0.362 e. The predicted molar refractivity (Wildman–Crippen MR) is 94.1 cm³/mol. The van der Waals surface area contributed by atoms with E-state index in [1.165, 1.54) is 0 Å². The number of hydrogen-bond acceptors (Lipinski definition) is 2. The summed E-state index contributed by atoms with van der Waals surface area (Å²) < 4.78 is 0. The van der Waals surface area contributed by atoms with Crippen molar-refractivity contribution in [3.05, 3.63) is 59.9 Å². The molecule has 0 bridgehead atoms. The van der Waals surface area contributed by atoms with Gasteiger partial charge in [-0.1, -0.05) is 31.2 Å². The van der Waals surface area contributed by atoms with Crippen molar-refractivity contribution in [1.82, 2.24) is 10.3 Å². The summed E-state index contributed by atoms with van der Waals surface area (Å²) in [6, 6.07) is 14.0. The number of rotatable bonds is 5. The van der Waals surface area contributed by atoms with Gasteiger partial charge in [-0.3, -0.25) is 4.98 Å². The molecule has 0 atom stereocenters. The molecule has 0 saturated carbocycles. The zero-order chi connectivity index (χ0) is 14.9. The Labute approximate surface area is 131 Å². The zero-order valence-corrected chi connectivity index (χ0v) is 12.9. The maximum Gasteiger partial charge on any atom is 0.170 e. The number of nitrogens with one attached hydrogen (secondary N) is 2. The summed E-state index contributed by atoms with van der Waals surface area (Å²) in [7, 11) is 0. The van der Waals surface area contributed by atoms with E-state index in [0.29, 0.717) is 5.11 Å². The van der Waals surface area contributed by atoms with E-state index in [0.717, 1.165) is 29.9 Å². The van der Waals surface area contributed by atoms with Crippen LogP contribution in [-0.4, -0.2) is 16.6 Å². The van der Waals surface area contributed by atoms with Crippen LogP contribution in [0.1, 0.15) is 24.6 Å². The van der Waals surface area contributed by atoms with Gasteiger partial charge in [-0.05, 0) is 54.5 Å². The molecule has 1 heterocycles. The van der Waals surface area contributed by atoms with E-state index < -0.39 is 0 Å². The lowest BCUT2D eigenvalue weighted by Crippen LogP contribution is -2.28. The van der Waals surface area contributed by atoms with Crippen LogP contribution in [0.2, 0.25) is 0 Å². The number of nitrogens with zero attached hydrogens (tertiary/aromatic N) is 1. The molecule has 0 fully saturated rings. The first-order valence-corrected chi connectivity index (χ1v) is 7.43. The van der Waals surface area contributed by atoms with Gasteiger partial charge in [0.2, 0.25) is 0 Å². The highest BCUT2D eigenvalue weighted by atomic mass is 32.1. The zero-order valence-electron chi connectivity index (χ0n) is 12.0. The molecule has 108 valence electrons. The highest BCUT2D eigenvalue weighted by Crippen LogP contribution is 2.13. The molecule has 0 saturated heterocycles. The Kier molecular flexibility index (Phi) is 5.91. The minimum absolute atomic E-state index is 0.655. The lowest BCUT2D eigenvalue weighted by molar-refractivity contribution is 0.846. The van der Waals surface area contributed by atoms with Crippen molar-refractivity contribution < 1.29 is 0 Å². The number of aromatic nitrogens is 1. The summed E-state index contributed by atoms with van der Waals surface area (Å²) in [4.78, 5) is 4.27. The van der Waals surface area contributed by atoms with Crippen LogP contribution in [0, 0.1) is 0 Å². The van der Waals surface area contributed by atoms with Gasteiger partial charge < -0.3 is 10.6 Å². The van der Waals surface area contributed by atoms with Crippen LogP contribution in [-0.2, 0) is 0 Å². The predicted octanol–water partition coefficient (Wildman–Crippen LogP) is 3.95. The molecule has 4 heteroatoms. The van der Waals surface area contributed by atoms with Crippen LogP contribution in [0.15, 0.2) is 48.7 Å². The van der Waals surface area contributed by atoms with Gasteiger partial charge in [-0.2, -0.15) is 0 Å². The SMILES string of the molecule is CCCNC(=S)Nc1cccc(/C=C/c2ccccn2)c1. The number of anilines is 1. The maximum absolute atomic E-state index is 5.24. The molecular weight excluding hydrogens is 278 g/mol. The molecule has 1 aromatic heterocycles. The first-order valence-electron chi connectivity index (χ1n) is 7.02. The molecule has 0 aliphatic rings. The Hall–Kier alpha value is -2.20. The van der Waals surface area contributed by atoms with Crippen LogP contribution < -0.4 is 10.6 Å². The second kappa shape index (κ2) is 8.17. The Balaban J connectivity index is 2.01. The molecule has 2 N–H and O–H groups in total. The Morgan fingerprint density at radius 2 is 2.10 bits per heavy atom. The smallest absolute Gasteiger partial charge is 0.170 e. The lowest BCUT2D eigenvalue weighted by atomic mass is 10.1. The number of benzene rings is 1. The van der Waals surface area contributed by atoms with Crippen molar-refractivity contribution in [1.29, 1.82) is 0 Å². The van der Waals surface area contributed by atoms with Gasteiger partial charge in [0, 0.05) is 18.4 Å². The first kappa shape index (κ1) is 15.2. The summed E-state index contributed by atoms with van der Waals surface area (Å²) in [5.74, 6) is 0. The van der Waals surface area contributed by atoms with Gasteiger partial charge in [0.1, 0.15) is 0 Å². The average molecular weight is 297 g/mol. The third-order valence-corrected chi connectivity index (χ3v) is 3.06. The third kappa shape index (κ3) is 5.36. The number of thiocarbonyl (C=S) groups is 1. The van der Waals surface area contributed by atoms with Crippen molar-refractivity contribution in [3.8, 4) is 0 Å². The lowest BCUT2D eigenvalue weighted by Gasteiger charge is -2.10. The highest BCUT2D eigenvalue weighted by molar-refractivity contribution is 7.80. The second-order valence-electron chi connectivity index (χ2n) is 4.59. The summed E-state index contributed by atoms with van der Waals surface area (Å²) in [5.41, 5.74) is 3.02. The fourth-order valence-electron chi connectivity index (χ4n) is 1.79. The molecule has 1 aromatic carbocycles. The molecule has 21 heavy (non-hydrogen) atoms. The fourth-order valence-corrected chi connectivity index (χ4v) is 2.01. The van der Waals surface area contributed by atoms with Gasteiger partial charge in [-0.15, -0.1) is 0 Å². The van der Waals surface area contributed by atoms with Crippen molar-refractivity contribution in [2.75, 3.05) is 11.9 Å². The van der Waals surface area contributed by atoms with E-state index in [9.17, 15) is 0 Å². The van der Waals surface area contributed by atoms with Crippen LogP contribution in [0.5, 0.6) is 0 Å². The maximum atomic E-state index is 5.24. The van der Waals surface area contributed by atoms with E-state index in [1.807, 2.05) is 48.6 Å². The monoisotopic (exact) mass is 297 g/mol. The second-order valence-corrected chi connectivity index (χ2v) is 5.00. The molecule has 0 unspecified atom stereocenters. The summed E-state index contributed by atoms with van der Waals surface area (Å²) in [5, 5.41) is 6.99. The summed E-state index contributed by atoms with van der Waals surface area (Å²) in [6.07, 6.45) is 6.87. The van der Waals surface area contributed by atoms with Crippen LogP contribution in [0.3, 0.4) is 0 Å². The first-order chi connectivity index (χ1) is 10.3. The normalized spacial score (nSPS) is 10.5. The van der Waals surface area contributed by atoms with Crippen molar-refractivity contribution in [2.24, 2.45) is 0 Å². The largest absolute Gasteiger partial charge is 0.362 e. The minimum atomic E-state index is 0.655. The van der Waals surface area contributed by atoms with Crippen molar-refractivity contribution in [2.45, 2.75) is 13.3 Å². The van der Waals surface area contributed by atoms with E-state index in [1.54, 1.807) is 6.20 Å². The third-order valence-electron chi connectivity index (χ3n) is 2.81.